The van der Waals surface area contributed by atoms with Crippen LogP contribution in [0.4, 0.5) is 0 Å². The van der Waals surface area contributed by atoms with Crippen molar-refractivity contribution in [3.8, 4) is 0 Å². The van der Waals surface area contributed by atoms with Crippen LogP contribution in [0.25, 0.3) is 0 Å². The minimum absolute atomic E-state index is 0.0864. The summed E-state index contributed by atoms with van der Waals surface area (Å²) in [5.74, 6) is 0.705. The predicted molar refractivity (Wildman–Crippen MR) is 80.3 cm³/mol. The third-order valence-corrected chi connectivity index (χ3v) is 4.36. The number of rotatable bonds is 8. The van der Waals surface area contributed by atoms with E-state index >= 15 is 0 Å². The molecule has 0 bridgehead atoms. The maximum atomic E-state index is 6.07. The Morgan fingerprint density at radius 1 is 1.00 bits per heavy atom. The van der Waals surface area contributed by atoms with Gasteiger partial charge in [0.2, 0.25) is 0 Å². The Hall–Kier alpha value is -0.120. The van der Waals surface area contributed by atoms with E-state index in [0.717, 1.165) is 25.9 Å². The fourth-order valence-corrected chi connectivity index (χ4v) is 2.53. The standard InChI is InChI=1S/C16H33NO2/c1-14(2)5-10-18-11-12-19-16(13-17)8-6-15(3,4)7-9-16/h14H,5-13,17H2,1-4H3. The maximum Gasteiger partial charge on any atom is 0.0805 e. The summed E-state index contributed by atoms with van der Waals surface area (Å²) >= 11 is 0. The molecule has 0 aromatic carbocycles. The lowest BCUT2D eigenvalue weighted by molar-refractivity contribution is -0.0966. The molecule has 0 radical (unpaired) electrons. The molecule has 0 aliphatic heterocycles. The summed E-state index contributed by atoms with van der Waals surface area (Å²) in [5.41, 5.74) is 6.31. The summed E-state index contributed by atoms with van der Waals surface area (Å²) in [6.45, 7) is 11.9. The summed E-state index contributed by atoms with van der Waals surface area (Å²) in [5, 5.41) is 0. The Morgan fingerprint density at radius 3 is 2.16 bits per heavy atom. The van der Waals surface area contributed by atoms with Gasteiger partial charge in [0.1, 0.15) is 0 Å². The first kappa shape index (κ1) is 16.9. The lowest BCUT2D eigenvalue weighted by Gasteiger charge is -2.42. The molecule has 19 heavy (non-hydrogen) atoms. The van der Waals surface area contributed by atoms with Crippen molar-refractivity contribution in [1.29, 1.82) is 0 Å². The van der Waals surface area contributed by atoms with E-state index in [0.29, 0.717) is 31.1 Å². The zero-order chi connectivity index (χ0) is 14.4. The molecule has 1 saturated carbocycles. The lowest BCUT2D eigenvalue weighted by Crippen LogP contribution is -2.46. The average molecular weight is 271 g/mol. The minimum atomic E-state index is -0.0864. The molecule has 0 spiro atoms. The number of ether oxygens (including phenoxy) is 2. The van der Waals surface area contributed by atoms with Crippen molar-refractivity contribution in [1.82, 2.24) is 0 Å². The van der Waals surface area contributed by atoms with Crippen molar-refractivity contribution in [2.45, 2.75) is 65.4 Å². The monoisotopic (exact) mass is 271 g/mol. The lowest BCUT2D eigenvalue weighted by atomic mass is 9.71. The highest BCUT2D eigenvalue weighted by Crippen LogP contribution is 2.41. The molecule has 0 saturated heterocycles. The molecule has 0 unspecified atom stereocenters. The Balaban J connectivity index is 2.19. The molecular formula is C16H33NO2. The molecule has 114 valence electrons. The summed E-state index contributed by atoms with van der Waals surface area (Å²) in [7, 11) is 0. The van der Waals surface area contributed by atoms with E-state index in [2.05, 4.69) is 27.7 Å². The first-order valence-electron chi connectivity index (χ1n) is 7.81. The van der Waals surface area contributed by atoms with Crippen LogP contribution in [-0.4, -0.2) is 32.0 Å². The predicted octanol–water partition coefficient (Wildman–Crippen LogP) is 3.36. The van der Waals surface area contributed by atoms with Crippen LogP contribution in [0.1, 0.15) is 59.8 Å². The van der Waals surface area contributed by atoms with Gasteiger partial charge >= 0.3 is 0 Å². The van der Waals surface area contributed by atoms with E-state index in [1.807, 2.05) is 0 Å². The van der Waals surface area contributed by atoms with Gasteiger partial charge in [0.25, 0.3) is 0 Å². The highest BCUT2D eigenvalue weighted by molar-refractivity contribution is 4.91. The number of hydrogen-bond acceptors (Lipinski definition) is 3. The van der Waals surface area contributed by atoms with Gasteiger partial charge < -0.3 is 15.2 Å². The quantitative estimate of drug-likeness (QED) is 0.688. The average Bonchev–Trinajstić information content (AvgIpc) is 2.36. The molecular weight excluding hydrogens is 238 g/mol. The van der Waals surface area contributed by atoms with Crippen molar-refractivity contribution in [2.24, 2.45) is 17.1 Å². The van der Waals surface area contributed by atoms with Gasteiger partial charge in [-0.25, -0.2) is 0 Å². The highest BCUT2D eigenvalue weighted by Gasteiger charge is 2.38. The van der Waals surface area contributed by atoms with Crippen LogP contribution in [0.3, 0.4) is 0 Å². The van der Waals surface area contributed by atoms with Crippen molar-refractivity contribution in [3.63, 3.8) is 0 Å². The Morgan fingerprint density at radius 2 is 1.63 bits per heavy atom. The zero-order valence-electron chi connectivity index (χ0n) is 13.3. The van der Waals surface area contributed by atoms with Gasteiger partial charge in [-0.2, -0.15) is 0 Å². The van der Waals surface area contributed by atoms with Crippen molar-refractivity contribution in [3.05, 3.63) is 0 Å². The van der Waals surface area contributed by atoms with Gasteiger partial charge in [-0.05, 0) is 43.4 Å². The maximum absolute atomic E-state index is 6.07. The van der Waals surface area contributed by atoms with Crippen LogP contribution in [0.15, 0.2) is 0 Å². The van der Waals surface area contributed by atoms with E-state index in [4.69, 9.17) is 15.2 Å². The van der Waals surface area contributed by atoms with E-state index in [1.54, 1.807) is 0 Å². The molecule has 1 aliphatic rings. The minimum Gasteiger partial charge on any atom is -0.379 e. The number of hydrogen-bond donors (Lipinski definition) is 1. The molecule has 1 rings (SSSR count). The summed E-state index contributed by atoms with van der Waals surface area (Å²) < 4.78 is 11.7. The van der Waals surface area contributed by atoms with Gasteiger partial charge in [0.05, 0.1) is 18.8 Å². The largest absolute Gasteiger partial charge is 0.379 e. The second-order valence-corrected chi connectivity index (χ2v) is 7.19. The molecule has 0 atom stereocenters. The second kappa shape index (κ2) is 7.61. The molecule has 0 amide bonds. The van der Waals surface area contributed by atoms with E-state index in [-0.39, 0.29) is 5.60 Å². The van der Waals surface area contributed by atoms with E-state index in [1.165, 1.54) is 12.8 Å². The van der Waals surface area contributed by atoms with Crippen molar-refractivity contribution < 1.29 is 9.47 Å². The topological polar surface area (TPSA) is 44.5 Å². The number of nitrogens with two attached hydrogens (primary N) is 1. The van der Waals surface area contributed by atoms with Gasteiger partial charge in [-0.3, -0.25) is 0 Å². The summed E-state index contributed by atoms with van der Waals surface area (Å²) in [6.07, 6.45) is 5.71. The molecule has 0 heterocycles. The second-order valence-electron chi connectivity index (χ2n) is 7.19. The SMILES string of the molecule is CC(C)CCOCCOC1(CN)CCC(C)(C)CC1. The van der Waals surface area contributed by atoms with Gasteiger partial charge in [0.15, 0.2) is 0 Å². The smallest absolute Gasteiger partial charge is 0.0805 e. The molecule has 1 aliphatic carbocycles. The molecule has 2 N–H and O–H groups in total. The van der Waals surface area contributed by atoms with E-state index < -0.39 is 0 Å². The van der Waals surface area contributed by atoms with Crippen LogP contribution in [-0.2, 0) is 9.47 Å². The Labute approximate surface area is 119 Å². The Kier molecular flexibility index (Phi) is 6.78. The molecule has 1 fully saturated rings. The van der Waals surface area contributed by atoms with Crippen LogP contribution in [0.2, 0.25) is 0 Å². The van der Waals surface area contributed by atoms with Gasteiger partial charge in [-0.15, -0.1) is 0 Å². The van der Waals surface area contributed by atoms with Crippen molar-refractivity contribution >= 4 is 0 Å². The summed E-state index contributed by atoms with van der Waals surface area (Å²) in [4.78, 5) is 0. The van der Waals surface area contributed by atoms with Crippen molar-refractivity contribution in [2.75, 3.05) is 26.4 Å². The third-order valence-electron chi connectivity index (χ3n) is 4.36. The third kappa shape index (κ3) is 6.24. The molecule has 3 nitrogen and oxygen atoms in total. The Bertz CT molecular complexity index is 241. The van der Waals surface area contributed by atoms with Gasteiger partial charge in [-0.1, -0.05) is 27.7 Å². The van der Waals surface area contributed by atoms with Crippen LogP contribution >= 0.6 is 0 Å². The zero-order valence-corrected chi connectivity index (χ0v) is 13.3. The molecule has 0 aromatic heterocycles. The fraction of sp³-hybridized carbons (Fsp3) is 1.00. The van der Waals surface area contributed by atoms with Crippen LogP contribution < -0.4 is 5.73 Å². The fourth-order valence-electron chi connectivity index (χ4n) is 2.53. The molecule has 0 aromatic rings. The normalized spacial score (nSPS) is 21.8. The van der Waals surface area contributed by atoms with E-state index in [9.17, 15) is 0 Å². The highest BCUT2D eigenvalue weighted by atomic mass is 16.5. The first-order valence-corrected chi connectivity index (χ1v) is 7.81. The first-order chi connectivity index (χ1) is 8.89. The summed E-state index contributed by atoms with van der Waals surface area (Å²) in [6, 6.07) is 0. The van der Waals surface area contributed by atoms with Gasteiger partial charge in [0, 0.05) is 13.2 Å². The van der Waals surface area contributed by atoms with Crippen LogP contribution in [0, 0.1) is 11.3 Å². The van der Waals surface area contributed by atoms with Crippen LogP contribution in [0.5, 0.6) is 0 Å². The molecule has 3 heteroatoms.